The summed E-state index contributed by atoms with van der Waals surface area (Å²) in [7, 11) is 1.73. The summed E-state index contributed by atoms with van der Waals surface area (Å²) >= 11 is 0. The van der Waals surface area contributed by atoms with Crippen LogP contribution in [0.25, 0.3) is 0 Å². The number of methoxy groups -OCH3 is 1. The van der Waals surface area contributed by atoms with Crippen LogP contribution in [0.2, 0.25) is 0 Å². The summed E-state index contributed by atoms with van der Waals surface area (Å²) in [6.07, 6.45) is 3.84. The van der Waals surface area contributed by atoms with Gasteiger partial charge in [-0.3, -0.25) is 0 Å². The number of hydrogen-bond donors (Lipinski definition) is 1. The Morgan fingerprint density at radius 1 is 1.24 bits per heavy atom. The number of aliphatic hydroxyl groups is 1. The Kier molecular flexibility index (Phi) is 3.55. The molecule has 2 heteroatoms. The lowest BCUT2D eigenvalue weighted by Gasteiger charge is -2.37. The van der Waals surface area contributed by atoms with E-state index in [0.29, 0.717) is 6.42 Å². The molecule has 2 nitrogen and oxygen atoms in total. The van der Waals surface area contributed by atoms with Crippen molar-refractivity contribution in [1.29, 1.82) is 0 Å². The van der Waals surface area contributed by atoms with Crippen molar-refractivity contribution >= 4 is 0 Å². The molecule has 0 aliphatic heterocycles. The van der Waals surface area contributed by atoms with Crippen molar-refractivity contribution in [2.24, 2.45) is 0 Å². The molecule has 2 rings (SSSR count). The normalized spacial score (nSPS) is 29.3. The highest BCUT2D eigenvalue weighted by Gasteiger charge is 2.36. The van der Waals surface area contributed by atoms with Crippen LogP contribution in [0.4, 0.5) is 0 Å². The summed E-state index contributed by atoms with van der Waals surface area (Å²) in [6.45, 7) is 4.16. The van der Waals surface area contributed by atoms with E-state index < -0.39 is 5.60 Å². The summed E-state index contributed by atoms with van der Waals surface area (Å²) in [4.78, 5) is 0. The van der Waals surface area contributed by atoms with Crippen LogP contribution < -0.4 is 0 Å². The highest BCUT2D eigenvalue weighted by Crippen LogP contribution is 2.38. The van der Waals surface area contributed by atoms with Crippen molar-refractivity contribution in [2.75, 3.05) is 7.11 Å². The van der Waals surface area contributed by atoms with E-state index in [1.807, 2.05) is 0 Å². The predicted octanol–water partition coefficient (Wildman–Crippen LogP) is 3.08. The van der Waals surface area contributed by atoms with Gasteiger partial charge in [0, 0.05) is 13.5 Å². The van der Waals surface area contributed by atoms with Gasteiger partial charge in [0.15, 0.2) is 0 Å². The fourth-order valence-corrected chi connectivity index (χ4v) is 2.91. The van der Waals surface area contributed by atoms with Gasteiger partial charge in [0.25, 0.3) is 0 Å². The zero-order valence-corrected chi connectivity index (χ0v) is 11.0. The molecule has 0 bridgehead atoms. The van der Waals surface area contributed by atoms with Crippen molar-refractivity contribution in [3.8, 4) is 0 Å². The fourth-order valence-electron chi connectivity index (χ4n) is 2.91. The summed E-state index contributed by atoms with van der Waals surface area (Å²) < 4.78 is 5.41. The molecule has 1 aliphatic rings. The summed E-state index contributed by atoms with van der Waals surface area (Å²) in [5, 5.41) is 10.8. The number of rotatable bonds is 2. The Bertz CT molecular complexity index is 380. The molecule has 1 N–H and O–H groups in total. The summed E-state index contributed by atoms with van der Waals surface area (Å²) in [5.74, 6) is 0. The molecule has 0 aromatic heterocycles. The van der Waals surface area contributed by atoms with E-state index in [1.54, 1.807) is 7.11 Å². The third-order valence-electron chi connectivity index (χ3n) is 3.77. The van der Waals surface area contributed by atoms with Crippen LogP contribution in [0.3, 0.4) is 0 Å². The molecular weight excluding hydrogens is 212 g/mol. The molecule has 0 heterocycles. The van der Waals surface area contributed by atoms with Gasteiger partial charge in [-0.25, -0.2) is 0 Å². The maximum atomic E-state index is 10.8. The SMILES string of the molecule is COC1CCCC(O)(c2cc(C)cc(C)c2)C1. The van der Waals surface area contributed by atoms with Crippen molar-refractivity contribution in [1.82, 2.24) is 0 Å². The van der Waals surface area contributed by atoms with E-state index >= 15 is 0 Å². The minimum absolute atomic E-state index is 0.189. The van der Waals surface area contributed by atoms with Gasteiger partial charge < -0.3 is 9.84 Å². The molecular formula is C15H22O2. The highest BCUT2D eigenvalue weighted by molar-refractivity contribution is 5.33. The Morgan fingerprint density at radius 2 is 1.88 bits per heavy atom. The molecule has 0 radical (unpaired) electrons. The maximum Gasteiger partial charge on any atom is 0.0921 e. The van der Waals surface area contributed by atoms with E-state index in [9.17, 15) is 5.11 Å². The monoisotopic (exact) mass is 234 g/mol. The first-order valence-corrected chi connectivity index (χ1v) is 6.37. The van der Waals surface area contributed by atoms with Gasteiger partial charge in [0.1, 0.15) is 0 Å². The van der Waals surface area contributed by atoms with E-state index in [-0.39, 0.29) is 6.10 Å². The molecule has 0 saturated heterocycles. The van der Waals surface area contributed by atoms with Crippen LogP contribution in [0.5, 0.6) is 0 Å². The van der Waals surface area contributed by atoms with Crippen molar-refractivity contribution < 1.29 is 9.84 Å². The van der Waals surface area contributed by atoms with Crippen LogP contribution in [-0.4, -0.2) is 18.3 Å². The number of aryl methyl sites for hydroxylation is 2. The third kappa shape index (κ3) is 2.70. The lowest BCUT2D eigenvalue weighted by Crippen LogP contribution is -2.36. The first-order valence-electron chi connectivity index (χ1n) is 6.37. The minimum Gasteiger partial charge on any atom is -0.385 e. The molecule has 2 atom stereocenters. The highest BCUT2D eigenvalue weighted by atomic mass is 16.5. The van der Waals surface area contributed by atoms with Crippen molar-refractivity contribution in [3.63, 3.8) is 0 Å². The average molecular weight is 234 g/mol. The van der Waals surface area contributed by atoms with Gasteiger partial charge in [-0.05, 0) is 38.7 Å². The van der Waals surface area contributed by atoms with Crippen LogP contribution in [0.15, 0.2) is 18.2 Å². The van der Waals surface area contributed by atoms with Crippen LogP contribution in [0, 0.1) is 13.8 Å². The fraction of sp³-hybridized carbons (Fsp3) is 0.600. The Balaban J connectivity index is 2.30. The van der Waals surface area contributed by atoms with E-state index in [0.717, 1.165) is 24.8 Å². The standard InChI is InChI=1S/C15H22O2/c1-11-7-12(2)9-13(8-11)15(16)6-4-5-14(10-15)17-3/h7-9,14,16H,4-6,10H2,1-3H3. The first-order chi connectivity index (χ1) is 8.03. The van der Waals surface area contributed by atoms with Crippen LogP contribution in [0.1, 0.15) is 42.4 Å². The first kappa shape index (κ1) is 12.6. The molecule has 0 amide bonds. The van der Waals surface area contributed by atoms with Gasteiger partial charge in [-0.15, -0.1) is 0 Å². The topological polar surface area (TPSA) is 29.5 Å². The Hall–Kier alpha value is -0.860. The minimum atomic E-state index is -0.699. The molecule has 1 saturated carbocycles. The number of hydrogen-bond acceptors (Lipinski definition) is 2. The molecule has 17 heavy (non-hydrogen) atoms. The average Bonchev–Trinajstić information content (AvgIpc) is 2.28. The molecule has 1 aliphatic carbocycles. The van der Waals surface area contributed by atoms with E-state index in [2.05, 4.69) is 32.0 Å². The van der Waals surface area contributed by atoms with Gasteiger partial charge in [0.05, 0.1) is 11.7 Å². The Morgan fingerprint density at radius 3 is 2.47 bits per heavy atom. The molecule has 2 unspecified atom stereocenters. The molecule has 0 spiro atoms. The largest absolute Gasteiger partial charge is 0.385 e. The van der Waals surface area contributed by atoms with Gasteiger partial charge in [-0.1, -0.05) is 29.3 Å². The van der Waals surface area contributed by atoms with Crippen LogP contribution >= 0.6 is 0 Å². The second-order valence-corrected chi connectivity index (χ2v) is 5.36. The van der Waals surface area contributed by atoms with E-state index in [4.69, 9.17) is 4.74 Å². The van der Waals surface area contributed by atoms with Gasteiger partial charge in [0.2, 0.25) is 0 Å². The smallest absolute Gasteiger partial charge is 0.0921 e. The number of ether oxygens (including phenoxy) is 1. The molecule has 1 aromatic carbocycles. The van der Waals surface area contributed by atoms with Gasteiger partial charge >= 0.3 is 0 Å². The molecule has 1 aromatic rings. The van der Waals surface area contributed by atoms with Crippen LogP contribution in [-0.2, 0) is 10.3 Å². The second kappa shape index (κ2) is 4.79. The lowest BCUT2D eigenvalue weighted by molar-refractivity contribution is -0.0632. The van der Waals surface area contributed by atoms with Gasteiger partial charge in [-0.2, -0.15) is 0 Å². The third-order valence-corrected chi connectivity index (χ3v) is 3.77. The van der Waals surface area contributed by atoms with Crippen molar-refractivity contribution in [2.45, 2.75) is 51.2 Å². The predicted molar refractivity (Wildman–Crippen MR) is 69.1 cm³/mol. The van der Waals surface area contributed by atoms with Crippen molar-refractivity contribution in [3.05, 3.63) is 34.9 Å². The molecule has 1 fully saturated rings. The van der Waals surface area contributed by atoms with E-state index in [1.165, 1.54) is 11.1 Å². The zero-order valence-electron chi connectivity index (χ0n) is 11.0. The Labute approximate surface area is 104 Å². The number of benzene rings is 1. The lowest BCUT2D eigenvalue weighted by atomic mass is 9.77. The maximum absolute atomic E-state index is 10.8. The summed E-state index contributed by atoms with van der Waals surface area (Å²) in [5.41, 5.74) is 2.79. The molecule has 94 valence electrons. The zero-order chi connectivity index (χ0) is 12.5. The summed E-state index contributed by atoms with van der Waals surface area (Å²) in [6, 6.07) is 6.35. The quantitative estimate of drug-likeness (QED) is 0.852. The second-order valence-electron chi connectivity index (χ2n) is 5.36.